The lowest BCUT2D eigenvalue weighted by Gasteiger charge is -2.25. The normalized spacial score (nSPS) is 18.8. The first-order valence-electron chi connectivity index (χ1n) is 6.24. The third-order valence-corrected chi connectivity index (χ3v) is 3.83. The fourth-order valence-electron chi connectivity index (χ4n) is 2.22. The minimum atomic E-state index is 0.640. The Bertz CT molecular complexity index is 470. The van der Waals surface area contributed by atoms with Crippen LogP contribution in [0.1, 0.15) is 31.2 Å². The maximum Gasteiger partial charge on any atom is 0.0992 e. The first kappa shape index (κ1) is 10.9. The quantitative estimate of drug-likeness (QED) is 0.812. The molecule has 0 radical (unpaired) electrons. The van der Waals surface area contributed by atoms with E-state index in [1.54, 1.807) is 6.07 Å². The maximum atomic E-state index is 8.85. The van der Waals surface area contributed by atoms with Gasteiger partial charge in [0.15, 0.2) is 0 Å². The van der Waals surface area contributed by atoms with Crippen LogP contribution < -0.4 is 4.90 Å². The van der Waals surface area contributed by atoms with Crippen molar-refractivity contribution in [2.45, 2.75) is 31.7 Å². The van der Waals surface area contributed by atoms with Gasteiger partial charge in [-0.25, -0.2) is 0 Å². The highest BCUT2D eigenvalue weighted by Gasteiger charge is 2.34. The largest absolute Gasteiger partial charge is 0.367 e. The second kappa shape index (κ2) is 4.23. The highest BCUT2D eigenvalue weighted by Crippen LogP contribution is 2.40. The molecule has 88 valence electrons. The Morgan fingerprint density at radius 2 is 2.06 bits per heavy atom. The molecule has 0 spiro atoms. The van der Waals surface area contributed by atoms with Crippen LogP contribution >= 0.6 is 11.6 Å². The van der Waals surface area contributed by atoms with Crippen molar-refractivity contribution < 1.29 is 0 Å². The van der Waals surface area contributed by atoms with Crippen molar-refractivity contribution in [3.8, 4) is 6.07 Å². The Hall–Kier alpha value is -1.20. The number of halogens is 1. The molecular weight excluding hydrogens is 232 g/mol. The molecule has 1 aromatic carbocycles. The smallest absolute Gasteiger partial charge is 0.0992 e. The van der Waals surface area contributed by atoms with E-state index >= 15 is 0 Å². The lowest BCUT2D eigenvalue weighted by Crippen LogP contribution is -2.28. The lowest BCUT2D eigenvalue weighted by atomic mass is 10.2. The Kier molecular flexibility index (Phi) is 2.72. The van der Waals surface area contributed by atoms with Gasteiger partial charge in [0.05, 0.1) is 22.3 Å². The minimum absolute atomic E-state index is 0.640. The SMILES string of the molecule is N#Cc1ccc(N(CC2CC2)C2CC2)c(Cl)c1. The van der Waals surface area contributed by atoms with Crippen LogP contribution in [0, 0.1) is 17.2 Å². The molecule has 0 amide bonds. The Labute approximate surface area is 107 Å². The zero-order chi connectivity index (χ0) is 11.8. The summed E-state index contributed by atoms with van der Waals surface area (Å²) in [6.45, 7) is 1.14. The van der Waals surface area contributed by atoms with Crippen LogP contribution in [0.4, 0.5) is 5.69 Å². The summed E-state index contributed by atoms with van der Waals surface area (Å²) in [5.74, 6) is 0.863. The minimum Gasteiger partial charge on any atom is -0.367 e. The van der Waals surface area contributed by atoms with Gasteiger partial charge in [0, 0.05) is 12.6 Å². The molecule has 0 N–H and O–H groups in total. The van der Waals surface area contributed by atoms with Crippen LogP contribution in [-0.2, 0) is 0 Å². The summed E-state index contributed by atoms with van der Waals surface area (Å²) in [7, 11) is 0. The predicted octanol–water partition coefficient (Wildman–Crippen LogP) is 3.59. The van der Waals surface area contributed by atoms with E-state index < -0.39 is 0 Å². The fraction of sp³-hybridized carbons (Fsp3) is 0.500. The number of hydrogen-bond acceptors (Lipinski definition) is 2. The number of nitriles is 1. The number of nitrogens with zero attached hydrogens (tertiary/aromatic N) is 2. The molecule has 0 bridgehead atoms. The van der Waals surface area contributed by atoms with Gasteiger partial charge in [-0.2, -0.15) is 5.26 Å². The van der Waals surface area contributed by atoms with Gasteiger partial charge >= 0.3 is 0 Å². The Morgan fingerprint density at radius 3 is 2.59 bits per heavy atom. The van der Waals surface area contributed by atoms with Gasteiger partial charge in [-0.1, -0.05) is 11.6 Å². The van der Waals surface area contributed by atoms with E-state index in [-0.39, 0.29) is 0 Å². The molecule has 3 rings (SSSR count). The van der Waals surface area contributed by atoms with Crippen molar-refractivity contribution in [2.24, 2.45) is 5.92 Å². The van der Waals surface area contributed by atoms with Crippen molar-refractivity contribution in [2.75, 3.05) is 11.4 Å². The number of rotatable bonds is 4. The Balaban J connectivity index is 1.86. The molecule has 0 saturated heterocycles. The van der Waals surface area contributed by atoms with Crippen LogP contribution in [-0.4, -0.2) is 12.6 Å². The highest BCUT2D eigenvalue weighted by atomic mass is 35.5. The van der Waals surface area contributed by atoms with E-state index in [4.69, 9.17) is 16.9 Å². The van der Waals surface area contributed by atoms with E-state index in [9.17, 15) is 0 Å². The van der Waals surface area contributed by atoms with Gasteiger partial charge < -0.3 is 4.90 Å². The molecule has 0 unspecified atom stereocenters. The van der Waals surface area contributed by atoms with E-state index in [1.165, 1.54) is 25.7 Å². The molecule has 2 aliphatic rings. The van der Waals surface area contributed by atoms with Crippen LogP contribution in [0.3, 0.4) is 0 Å². The zero-order valence-electron chi connectivity index (χ0n) is 9.69. The van der Waals surface area contributed by atoms with Crippen LogP contribution in [0.25, 0.3) is 0 Å². The summed E-state index contributed by atoms with van der Waals surface area (Å²) in [5.41, 5.74) is 1.75. The number of benzene rings is 1. The molecule has 0 atom stereocenters. The van der Waals surface area contributed by atoms with E-state index in [0.29, 0.717) is 11.6 Å². The molecule has 17 heavy (non-hydrogen) atoms. The van der Waals surface area contributed by atoms with Crippen LogP contribution in [0.15, 0.2) is 18.2 Å². The standard InChI is InChI=1S/C14H15ClN2/c15-13-7-11(8-16)3-6-14(13)17(12-4-5-12)9-10-1-2-10/h3,6-7,10,12H,1-2,4-5,9H2. The summed E-state index contributed by atoms with van der Waals surface area (Å²) >= 11 is 6.29. The molecule has 1 aromatic rings. The summed E-state index contributed by atoms with van der Waals surface area (Å²) in [4.78, 5) is 2.45. The van der Waals surface area contributed by atoms with Gasteiger partial charge in [-0.15, -0.1) is 0 Å². The Morgan fingerprint density at radius 1 is 1.29 bits per heavy atom. The number of hydrogen-bond donors (Lipinski definition) is 0. The maximum absolute atomic E-state index is 8.85. The predicted molar refractivity (Wildman–Crippen MR) is 69.3 cm³/mol. The van der Waals surface area contributed by atoms with Crippen LogP contribution in [0.2, 0.25) is 5.02 Å². The van der Waals surface area contributed by atoms with Crippen LogP contribution in [0.5, 0.6) is 0 Å². The second-order valence-corrected chi connectivity index (χ2v) is 5.51. The first-order valence-corrected chi connectivity index (χ1v) is 6.62. The van der Waals surface area contributed by atoms with E-state index in [1.807, 2.05) is 12.1 Å². The molecule has 2 fully saturated rings. The van der Waals surface area contributed by atoms with Gasteiger partial charge in [0.2, 0.25) is 0 Å². The summed E-state index contributed by atoms with van der Waals surface area (Å²) < 4.78 is 0. The molecule has 3 heteroatoms. The summed E-state index contributed by atoms with van der Waals surface area (Å²) in [5, 5.41) is 9.57. The van der Waals surface area contributed by atoms with E-state index in [0.717, 1.165) is 23.2 Å². The third-order valence-electron chi connectivity index (χ3n) is 3.53. The second-order valence-electron chi connectivity index (χ2n) is 5.10. The monoisotopic (exact) mass is 246 g/mol. The number of anilines is 1. The summed E-state index contributed by atoms with van der Waals surface area (Å²) in [6, 6.07) is 8.45. The van der Waals surface area contributed by atoms with Gasteiger partial charge in [0.25, 0.3) is 0 Å². The average Bonchev–Trinajstić information content (AvgIpc) is 3.18. The van der Waals surface area contributed by atoms with Crippen molar-refractivity contribution in [1.82, 2.24) is 0 Å². The first-order chi connectivity index (χ1) is 8.28. The van der Waals surface area contributed by atoms with Gasteiger partial charge in [0.1, 0.15) is 0 Å². The molecule has 0 heterocycles. The molecule has 2 nitrogen and oxygen atoms in total. The summed E-state index contributed by atoms with van der Waals surface area (Å²) in [6.07, 6.45) is 5.28. The van der Waals surface area contributed by atoms with E-state index in [2.05, 4.69) is 11.0 Å². The molecule has 0 aliphatic heterocycles. The molecular formula is C14H15ClN2. The zero-order valence-corrected chi connectivity index (χ0v) is 10.5. The molecule has 2 saturated carbocycles. The topological polar surface area (TPSA) is 27.0 Å². The lowest BCUT2D eigenvalue weighted by molar-refractivity contribution is 0.719. The van der Waals surface area contributed by atoms with Gasteiger partial charge in [-0.3, -0.25) is 0 Å². The van der Waals surface area contributed by atoms with Crippen molar-refractivity contribution in [3.63, 3.8) is 0 Å². The third kappa shape index (κ3) is 2.40. The average molecular weight is 247 g/mol. The highest BCUT2D eigenvalue weighted by molar-refractivity contribution is 6.33. The fourth-order valence-corrected chi connectivity index (χ4v) is 2.51. The van der Waals surface area contributed by atoms with Crippen molar-refractivity contribution in [3.05, 3.63) is 28.8 Å². The van der Waals surface area contributed by atoms with Crippen molar-refractivity contribution >= 4 is 17.3 Å². The molecule has 0 aromatic heterocycles. The molecule has 2 aliphatic carbocycles. The van der Waals surface area contributed by atoms with Crippen molar-refractivity contribution in [1.29, 1.82) is 5.26 Å². The van der Waals surface area contributed by atoms with Gasteiger partial charge in [-0.05, 0) is 49.8 Å².